The molecule has 5 atom stereocenters. The Morgan fingerprint density at radius 2 is 2.09 bits per heavy atom. The van der Waals surface area contributed by atoms with Crippen molar-refractivity contribution in [3.8, 4) is 11.5 Å². The maximum Gasteiger partial charge on any atom is 0.160 e. The molecule has 3 rings (SSSR count). The summed E-state index contributed by atoms with van der Waals surface area (Å²) in [5, 5.41) is 10.00. The molecule has 1 aromatic rings. The van der Waals surface area contributed by atoms with Gasteiger partial charge in [-0.25, -0.2) is 0 Å². The number of ketones is 1. The molecule has 0 aromatic heterocycles. The number of methoxy groups -OCH3 is 1. The van der Waals surface area contributed by atoms with Crippen molar-refractivity contribution in [3.63, 3.8) is 0 Å². The topological polar surface area (TPSA) is 46.5 Å². The monoisotopic (exact) mass is 316 g/mol. The molecule has 0 bridgehead atoms. The van der Waals surface area contributed by atoms with Crippen molar-refractivity contribution in [2.45, 2.75) is 46.0 Å². The lowest BCUT2D eigenvalue weighted by molar-refractivity contribution is -0.129. The summed E-state index contributed by atoms with van der Waals surface area (Å²) in [6.45, 7) is 4.59. The largest absolute Gasteiger partial charge is 0.504 e. The van der Waals surface area contributed by atoms with Crippen LogP contribution in [-0.4, -0.2) is 18.0 Å². The first kappa shape index (κ1) is 16.4. The smallest absolute Gasteiger partial charge is 0.160 e. The summed E-state index contributed by atoms with van der Waals surface area (Å²) >= 11 is 0. The predicted octanol–water partition coefficient (Wildman–Crippen LogP) is 4.22. The molecule has 126 valence electrons. The molecule has 0 aliphatic heterocycles. The van der Waals surface area contributed by atoms with Crippen LogP contribution in [-0.2, 0) is 11.2 Å². The van der Waals surface area contributed by atoms with Crippen molar-refractivity contribution in [2.75, 3.05) is 7.11 Å². The number of Topliss-reactive ketones (excluding diaryl/α,β-unsaturated/α-hetero) is 1. The Labute approximate surface area is 139 Å². The minimum Gasteiger partial charge on any atom is -0.504 e. The van der Waals surface area contributed by atoms with Gasteiger partial charge in [-0.15, -0.1) is 0 Å². The molecule has 2 fully saturated rings. The highest BCUT2D eigenvalue weighted by Crippen LogP contribution is 2.52. The van der Waals surface area contributed by atoms with Crippen LogP contribution in [0.1, 0.15) is 45.1 Å². The van der Waals surface area contributed by atoms with Crippen LogP contribution in [0.3, 0.4) is 0 Å². The van der Waals surface area contributed by atoms with E-state index in [1.807, 2.05) is 12.1 Å². The van der Waals surface area contributed by atoms with Crippen molar-refractivity contribution in [1.82, 2.24) is 0 Å². The lowest BCUT2D eigenvalue weighted by Crippen LogP contribution is -2.35. The van der Waals surface area contributed by atoms with E-state index in [0.29, 0.717) is 35.2 Å². The third-order valence-electron chi connectivity index (χ3n) is 6.21. The van der Waals surface area contributed by atoms with Crippen molar-refractivity contribution in [3.05, 3.63) is 23.8 Å². The normalized spacial score (nSPS) is 33.5. The van der Waals surface area contributed by atoms with E-state index in [2.05, 4.69) is 13.8 Å². The fourth-order valence-corrected chi connectivity index (χ4v) is 5.14. The number of hydrogen-bond acceptors (Lipinski definition) is 3. The molecule has 1 aromatic carbocycles. The third kappa shape index (κ3) is 2.98. The molecule has 1 N–H and O–H groups in total. The number of rotatable bonds is 4. The fraction of sp³-hybridized carbons (Fsp3) is 0.650. The molecular formula is C20H28O3. The van der Waals surface area contributed by atoms with E-state index in [-0.39, 0.29) is 11.7 Å². The molecule has 2 aliphatic carbocycles. The molecule has 3 heteroatoms. The van der Waals surface area contributed by atoms with Crippen LogP contribution in [0, 0.1) is 29.6 Å². The van der Waals surface area contributed by atoms with Crippen molar-refractivity contribution in [2.24, 2.45) is 29.6 Å². The Bertz CT molecular complexity index is 580. The highest BCUT2D eigenvalue weighted by molar-refractivity contribution is 5.83. The number of carbonyl (C=O) groups excluding carboxylic acids is 1. The molecule has 0 saturated heterocycles. The van der Waals surface area contributed by atoms with Crippen LogP contribution >= 0.6 is 0 Å². The van der Waals surface area contributed by atoms with Gasteiger partial charge >= 0.3 is 0 Å². The summed E-state index contributed by atoms with van der Waals surface area (Å²) in [4.78, 5) is 12.6. The zero-order valence-corrected chi connectivity index (χ0v) is 14.4. The molecule has 3 nitrogen and oxygen atoms in total. The zero-order chi connectivity index (χ0) is 16.6. The van der Waals surface area contributed by atoms with E-state index < -0.39 is 0 Å². The average Bonchev–Trinajstić information content (AvgIpc) is 2.91. The van der Waals surface area contributed by atoms with Crippen LogP contribution in [0.15, 0.2) is 18.2 Å². The van der Waals surface area contributed by atoms with E-state index in [1.54, 1.807) is 13.2 Å². The lowest BCUT2D eigenvalue weighted by Gasteiger charge is -2.35. The Balaban J connectivity index is 1.82. The second-order valence-corrected chi connectivity index (χ2v) is 7.46. The second kappa shape index (κ2) is 6.54. The second-order valence-electron chi connectivity index (χ2n) is 7.46. The van der Waals surface area contributed by atoms with Gasteiger partial charge in [0.05, 0.1) is 7.11 Å². The average molecular weight is 316 g/mol. The standard InChI is InChI=1S/C20H28O3/c1-4-14-11-15(20-16(21)7-5-12(2)19(14)20)9-13-6-8-18(23-3)17(22)10-13/h6,8,10,12,14-15,19-20,22H,4-5,7,9,11H2,1-3H3/t12?,14-,15-,19+,20+/m0/s1. The minimum absolute atomic E-state index is 0.190. The van der Waals surface area contributed by atoms with E-state index in [9.17, 15) is 9.90 Å². The summed E-state index contributed by atoms with van der Waals surface area (Å²) in [5.41, 5.74) is 1.11. The van der Waals surface area contributed by atoms with Gasteiger partial charge in [-0.05, 0) is 60.6 Å². The van der Waals surface area contributed by atoms with E-state index >= 15 is 0 Å². The van der Waals surface area contributed by atoms with Crippen molar-refractivity contribution < 1.29 is 14.6 Å². The summed E-state index contributed by atoms with van der Waals surface area (Å²) in [6.07, 6.45) is 5.02. The number of phenols is 1. The highest BCUT2D eigenvalue weighted by atomic mass is 16.5. The molecule has 0 heterocycles. The Hall–Kier alpha value is -1.51. The number of carbonyl (C=O) groups is 1. The highest BCUT2D eigenvalue weighted by Gasteiger charge is 2.49. The molecule has 23 heavy (non-hydrogen) atoms. The maximum absolute atomic E-state index is 12.6. The Morgan fingerprint density at radius 1 is 1.30 bits per heavy atom. The van der Waals surface area contributed by atoms with Crippen LogP contribution in [0.25, 0.3) is 0 Å². The van der Waals surface area contributed by atoms with Crippen LogP contribution in [0.2, 0.25) is 0 Å². The summed E-state index contributed by atoms with van der Waals surface area (Å²) in [5.74, 6) is 3.74. The van der Waals surface area contributed by atoms with Gasteiger partial charge in [0.1, 0.15) is 5.78 Å². The lowest BCUT2D eigenvalue weighted by atomic mass is 9.68. The summed E-state index contributed by atoms with van der Waals surface area (Å²) in [7, 11) is 1.56. The molecule has 0 radical (unpaired) electrons. The SMILES string of the molecule is CC[C@H]1C[C@H](Cc2ccc(OC)c(O)c2)[C@@H]2C(=O)CCC(C)[C@H]12. The Morgan fingerprint density at radius 3 is 2.74 bits per heavy atom. The van der Waals surface area contributed by atoms with Crippen LogP contribution < -0.4 is 4.74 Å². The minimum atomic E-state index is 0.190. The molecule has 0 spiro atoms. The van der Waals surface area contributed by atoms with Gasteiger partial charge in [-0.2, -0.15) is 0 Å². The number of ether oxygens (including phenoxy) is 1. The first-order valence-electron chi connectivity index (χ1n) is 8.93. The number of aromatic hydroxyl groups is 1. The molecular weight excluding hydrogens is 288 g/mol. The van der Waals surface area contributed by atoms with E-state index in [0.717, 1.165) is 31.2 Å². The number of fused-ring (bicyclic) bond motifs is 1. The van der Waals surface area contributed by atoms with Gasteiger partial charge in [-0.1, -0.05) is 26.3 Å². The molecule has 2 saturated carbocycles. The summed E-state index contributed by atoms with van der Waals surface area (Å²) in [6, 6.07) is 5.63. The number of hydrogen-bond donors (Lipinski definition) is 1. The predicted molar refractivity (Wildman–Crippen MR) is 90.6 cm³/mol. The van der Waals surface area contributed by atoms with Gasteiger partial charge in [-0.3, -0.25) is 4.79 Å². The number of benzene rings is 1. The van der Waals surface area contributed by atoms with E-state index in [1.165, 1.54) is 6.42 Å². The summed E-state index contributed by atoms with van der Waals surface area (Å²) < 4.78 is 5.12. The molecule has 2 aliphatic rings. The fourth-order valence-electron chi connectivity index (χ4n) is 5.14. The first-order chi connectivity index (χ1) is 11.0. The molecule has 0 amide bonds. The Kier molecular flexibility index (Phi) is 4.65. The first-order valence-corrected chi connectivity index (χ1v) is 8.93. The van der Waals surface area contributed by atoms with Gasteiger partial charge in [0.15, 0.2) is 11.5 Å². The zero-order valence-electron chi connectivity index (χ0n) is 14.4. The van der Waals surface area contributed by atoms with Crippen LogP contribution in [0.4, 0.5) is 0 Å². The van der Waals surface area contributed by atoms with E-state index in [4.69, 9.17) is 4.74 Å². The quantitative estimate of drug-likeness (QED) is 0.904. The van der Waals surface area contributed by atoms with Gasteiger partial charge < -0.3 is 9.84 Å². The van der Waals surface area contributed by atoms with Gasteiger partial charge in [0, 0.05) is 12.3 Å². The maximum atomic E-state index is 12.6. The van der Waals surface area contributed by atoms with Crippen molar-refractivity contribution in [1.29, 1.82) is 0 Å². The van der Waals surface area contributed by atoms with Gasteiger partial charge in [0.25, 0.3) is 0 Å². The van der Waals surface area contributed by atoms with Gasteiger partial charge in [0.2, 0.25) is 0 Å². The third-order valence-corrected chi connectivity index (χ3v) is 6.21. The van der Waals surface area contributed by atoms with Crippen LogP contribution in [0.5, 0.6) is 11.5 Å². The number of phenolic OH excluding ortho intramolecular Hbond substituents is 1. The van der Waals surface area contributed by atoms with Crippen molar-refractivity contribution >= 4 is 5.78 Å². The molecule has 1 unspecified atom stereocenters.